The monoisotopic (exact) mass is 352 g/mol. The Morgan fingerprint density at radius 1 is 1.17 bits per heavy atom. The van der Waals surface area contributed by atoms with Gasteiger partial charge in [-0.1, -0.05) is 42.6 Å². The first-order chi connectivity index (χ1) is 11.0. The van der Waals surface area contributed by atoms with Gasteiger partial charge in [0, 0.05) is 13.6 Å². The average molecular weight is 353 g/mol. The summed E-state index contributed by atoms with van der Waals surface area (Å²) in [5, 5.41) is 11.5. The van der Waals surface area contributed by atoms with E-state index in [1.165, 1.54) is 0 Å². The van der Waals surface area contributed by atoms with Gasteiger partial charge in [-0.05, 0) is 30.7 Å². The van der Waals surface area contributed by atoms with E-state index in [-0.39, 0.29) is 5.69 Å². The normalized spacial score (nSPS) is 10.4. The number of anilines is 2. The number of halogens is 2. The van der Waals surface area contributed by atoms with Crippen LogP contribution in [0.15, 0.2) is 30.3 Å². The molecule has 5 nitrogen and oxygen atoms in total. The van der Waals surface area contributed by atoms with Crippen molar-refractivity contribution in [2.24, 2.45) is 0 Å². The molecule has 0 saturated carbocycles. The number of hydrogen-bond donors (Lipinski definition) is 1. The quantitative estimate of drug-likeness (QED) is 0.843. The molecule has 0 unspecified atom stereocenters. The Kier molecular flexibility index (Phi) is 6.19. The van der Waals surface area contributed by atoms with Gasteiger partial charge in [0.05, 0.1) is 15.7 Å². The molecular weight excluding hydrogens is 335 g/mol. The first-order valence-electron chi connectivity index (χ1n) is 7.33. The van der Waals surface area contributed by atoms with Crippen molar-refractivity contribution in [2.75, 3.05) is 23.8 Å². The van der Waals surface area contributed by atoms with Crippen LogP contribution in [0.2, 0.25) is 10.0 Å². The van der Waals surface area contributed by atoms with Crippen LogP contribution in [0.5, 0.6) is 0 Å². The molecule has 2 rings (SSSR count). The predicted octanol–water partition coefficient (Wildman–Crippen LogP) is 4.27. The van der Waals surface area contributed by atoms with E-state index in [0.29, 0.717) is 15.7 Å². The van der Waals surface area contributed by atoms with Crippen LogP contribution in [-0.4, -0.2) is 29.7 Å². The zero-order valence-electron chi connectivity index (χ0n) is 13.0. The number of carbonyl (C=O) groups is 1. The molecule has 0 aliphatic rings. The molecule has 2 aromatic rings. The molecular formula is C16H18Cl2N4O. The topological polar surface area (TPSA) is 58.1 Å². The van der Waals surface area contributed by atoms with E-state index in [0.717, 1.165) is 25.2 Å². The zero-order chi connectivity index (χ0) is 16.8. The number of amides is 1. The number of para-hydroxylation sites is 1. The van der Waals surface area contributed by atoms with E-state index in [1.807, 2.05) is 11.9 Å². The second-order valence-corrected chi connectivity index (χ2v) is 5.92. The summed E-state index contributed by atoms with van der Waals surface area (Å²) < 4.78 is 0. The Balaban J connectivity index is 2.08. The van der Waals surface area contributed by atoms with Crippen LogP contribution < -0.4 is 10.2 Å². The second-order valence-electron chi connectivity index (χ2n) is 5.10. The minimum absolute atomic E-state index is 0.202. The number of unbranched alkanes of at least 4 members (excludes halogenated alkanes) is 1. The molecule has 0 atom stereocenters. The fourth-order valence-corrected chi connectivity index (χ4v) is 2.45. The lowest BCUT2D eigenvalue weighted by Gasteiger charge is -2.16. The Labute approximate surface area is 145 Å². The summed E-state index contributed by atoms with van der Waals surface area (Å²) in [6.45, 7) is 3.03. The minimum atomic E-state index is -0.407. The lowest BCUT2D eigenvalue weighted by Crippen LogP contribution is -2.21. The highest BCUT2D eigenvalue weighted by molar-refractivity contribution is 6.39. The van der Waals surface area contributed by atoms with E-state index >= 15 is 0 Å². The number of nitrogens with zero attached hydrogens (tertiary/aromatic N) is 3. The molecule has 1 heterocycles. The molecule has 0 saturated heterocycles. The van der Waals surface area contributed by atoms with Gasteiger partial charge in [-0.2, -0.15) is 0 Å². The van der Waals surface area contributed by atoms with Crippen LogP contribution in [0.4, 0.5) is 11.5 Å². The average Bonchev–Trinajstić information content (AvgIpc) is 2.56. The third-order valence-corrected chi connectivity index (χ3v) is 3.95. The number of carbonyl (C=O) groups excluding carboxylic acids is 1. The Morgan fingerprint density at radius 2 is 1.87 bits per heavy atom. The molecule has 23 heavy (non-hydrogen) atoms. The largest absolute Gasteiger partial charge is 0.358 e. The molecule has 0 aliphatic heterocycles. The van der Waals surface area contributed by atoms with Gasteiger partial charge >= 0.3 is 0 Å². The number of nitrogens with one attached hydrogen (secondary N) is 1. The number of rotatable bonds is 6. The first-order valence-corrected chi connectivity index (χ1v) is 8.08. The van der Waals surface area contributed by atoms with Crippen LogP contribution in [0, 0.1) is 0 Å². The van der Waals surface area contributed by atoms with Gasteiger partial charge in [-0.3, -0.25) is 4.79 Å². The van der Waals surface area contributed by atoms with Gasteiger partial charge in [0.2, 0.25) is 0 Å². The summed E-state index contributed by atoms with van der Waals surface area (Å²) in [6, 6.07) is 8.42. The maximum Gasteiger partial charge on any atom is 0.276 e. The van der Waals surface area contributed by atoms with E-state index in [2.05, 4.69) is 22.4 Å². The van der Waals surface area contributed by atoms with Crippen molar-refractivity contribution in [1.82, 2.24) is 10.2 Å². The summed E-state index contributed by atoms with van der Waals surface area (Å²) in [5.41, 5.74) is 0.570. The Hall–Kier alpha value is -1.85. The van der Waals surface area contributed by atoms with Crippen molar-refractivity contribution < 1.29 is 4.79 Å². The van der Waals surface area contributed by atoms with E-state index in [4.69, 9.17) is 23.2 Å². The molecule has 0 radical (unpaired) electrons. The van der Waals surface area contributed by atoms with Crippen molar-refractivity contribution in [3.05, 3.63) is 46.1 Å². The van der Waals surface area contributed by atoms with Crippen LogP contribution in [-0.2, 0) is 0 Å². The molecule has 0 aliphatic carbocycles. The molecule has 1 aromatic heterocycles. The maximum absolute atomic E-state index is 12.2. The summed E-state index contributed by atoms with van der Waals surface area (Å²) in [5.74, 6) is 0.320. The number of benzene rings is 1. The molecule has 1 aromatic carbocycles. The van der Waals surface area contributed by atoms with Crippen molar-refractivity contribution in [3.8, 4) is 0 Å². The molecule has 1 N–H and O–H groups in total. The highest BCUT2D eigenvalue weighted by atomic mass is 35.5. The van der Waals surface area contributed by atoms with Gasteiger partial charge in [-0.25, -0.2) is 0 Å². The van der Waals surface area contributed by atoms with Gasteiger partial charge in [-0.15, -0.1) is 10.2 Å². The minimum Gasteiger partial charge on any atom is -0.358 e. The lowest BCUT2D eigenvalue weighted by atomic mass is 10.3. The fraction of sp³-hybridized carbons (Fsp3) is 0.312. The molecule has 122 valence electrons. The van der Waals surface area contributed by atoms with Gasteiger partial charge in [0.15, 0.2) is 11.5 Å². The van der Waals surface area contributed by atoms with Crippen molar-refractivity contribution in [1.29, 1.82) is 0 Å². The third kappa shape index (κ3) is 4.56. The fourth-order valence-electron chi connectivity index (χ4n) is 1.95. The summed E-state index contributed by atoms with van der Waals surface area (Å²) in [4.78, 5) is 14.2. The van der Waals surface area contributed by atoms with Crippen LogP contribution in [0.1, 0.15) is 30.3 Å². The molecule has 0 fully saturated rings. The Morgan fingerprint density at radius 3 is 2.43 bits per heavy atom. The molecule has 0 bridgehead atoms. The standard InChI is InChI=1S/C16H18Cl2N4O/c1-3-4-10-22(2)14-9-8-13(20-21-14)16(23)19-15-11(17)6-5-7-12(15)18/h5-9H,3-4,10H2,1-2H3,(H,19,23). The SMILES string of the molecule is CCCCN(C)c1ccc(C(=O)Nc2c(Cl)cccc2Cl)nn1. The van der Waals surface area contributed by atoms with Crippen molar-refractivity contribution in [2.45, 2.75) is 19.8 Å². The number of aromatic nitrogens is 2. The molecule has 1 amide bonds. The van der Waals surface area contributed by atoms with Gasteiger partial charge in [0.1, 0.15) is 0 Å². The maximum atomic E-state index is 12.2. The lowest BCUT2D eigenvalue weighted by molar-refractivity contribution is 0.102. The highest BCUT2D eigenvalue weighted by Crippen LogP contribution is 2.30. The van der Waals surface area contributed by atoms with Gasteiger partial charge in [0.25, 0.3) is 5.91 Å². The zero-order valence-corrected chi connectivity index (χ0v) is 14.5. The van der Waals surface area contributed by atoms with Crippen molar-refractivity contribution in [3.63, 3.8) is 0 Å². The smallest absolute Gasteiger partial charge is 0.276 e. The first kappa shape index (κ1) is 17.5. The van der Waals surface area contributed by atoms with E-state index in [1.54, 1.807) is 30.3 Å². The predicted molar refractivity (Wildman–Crippen MR) is 94.6 cm³/mol. The molecule has 0 spiro atoms. The molecule has 7 heteroatoms. The van der Waals surface area contributed by atoms with E-state index < -0.39 is 5.91 Å². The van der Waals surface area contributed by atoms with Gasteiger partial charge < -0.3 is 10.2 Å². The summed E-state index contributed by atoms with van der Waals surface area (Å²) >= 11 is 12.1. The van der Waals surface area contributed by atoms with Crippen LogP contribution in [0.25, 0.3) is 0 Å². The third-order valence-electron chi connectivity index (χ3n) is 3.32. The van der Waals surface area contributed by atoms with Crippen LogP contribution in [0.3, 0.4) is 0 Å². The number of hydrogen-bond acceptors (Lipinski definition) is 4. The second kappa shape index (κ2) is 8.13. The van der Waals surface area contributed by atoms with E-state index in [9.17, 15) is 4.79 Å². The highest BCUT2D eigenvalue weighted by Gasteiger charge is 2.13. The van der Waals surface area contributed by atoms with Crippen LogP contribution >= 0.6 is 23.2 Å². The van der Waals surface area contributed by atoms with Crippen molar-refractivity contribution >= 4 is 40.6 Å². The Bertz CT molecular complexity index is 656. The summed E-state index contributed by atoms with van der Waals surface area (Å²) in [7, 11) is 1.95. The summed E-state index contributed by atoms with van der Waals surface area (Å²) in [6.07, 6.45) is 2.18.